The molecule has 8 heteroatoms. The number of nitrogens with zero attached hydrogens (tertiary/aromatic N) is 3. The average Bonchev–Trinajstić information content (AvgIpc) is 2.85. The Hall–Kier alpha value is -2.22. The van der Waals surface area contributed by atoms with Crippen LogP contribution in [0.15, 0.2) is 35.3 Å². The predicted molar refractivity (Wildman–Crippen MR) is 76.2 cm³/mol. The number of rotatable bonds is 4. The van der Waals surface area contributed by atoms with Crippen LogP contribution < -0.4 is 10.6 Å². The van der Waals surface area contributed by atoms with Gasteiger partial charge in [0.05, 0.1) is 11.9 Å². The van der Waals surface area contributed by atoms with Crippen LogP contribution in [0.25, 0.3) is 0 Å². The fourth-order valence-electron chi connectivity index (χ4n) is 1.49. The van der Waals surface area contributed by atoms with Crippen molar-refractivity contribution in [1.29, 1.82) is 0 Å². The molecule has 0 spiro atoms. The van der Waals surface area contributed by atoms with Crippen LogP contribution in [0.3, 0.4) is 0 Å². The van der Waals surface area contributed by atoms with Gasteiger partial charge in [0.25, 0.3) is 5.91 Å². The molecule has 2 amide bonds. The summed E-state index contributed by atoms with van der Waals surface area (Å²) in [6.45, 7) is 0.104. The summed E-state index contributed by atoms with van der Waals surface area (Å²) in [5.41, 5.74) is 0.998. The molecule has 2 rings (SSSR count). The predicted octanol–water partition coefficient (Wildman–Crippen LogP) is 1.04. The lowest BCUT2D eigenvalue weighted by Gasteiger charge is -2.02. The number of amides is 2. The lowest BCUT2D eigenvalue weighted by Crippen LogP contribution is -2.23. The van der Waals surface area contributed by atoms with E-state index >= 15 is 0 Å². The molecule has 2 heterocycles. The molecule has 0 saturated carbocycles. The minimum atomic E-state index is -0.271. The van der Waals surface area contributed by atoms with E-state index in [-0.39, 0.29) is 18.4 Å². The summed E-state index contributed by atoms with van der Waals surface area (Å²) in [5.74, 6) is -0.434. The molecule has 0 aliphatic carbocycles. The second-order valence-electron chi connectivity index (χ2n) is 3.92. The van der Waals surface area contributed by atoms with Gasteiger partial charge in [0.2, 0.25) is 5.91 Å². The van der Waals surface area contributed by atoms with Crippen molar-refractivity contribution in [2.75, 3.05) is 12.4 Å². The zero-order valence-electron chi connectivity index (χ0n) is 10.6. The van der Waals surface area contributed by atoms with E-state index in [0.717, 1.165) is 0 Å². The van der Waals surface area contributed by atoms with E-state index in [0.29, 0.717) is 15.9 Å². The number of hydrogen-bond acceptors (Lipinski definition) is 4. The molecular weight excluding hydrogens is 326 g/mol. The number of anilines is 1. The highest BCUT2D eigenvalue weighted by molar-refractivity contribution is 9.10. The normalized spacial score (nSPS) is 10.1. The highest BCUT2D eigenvalue weighted by Gasteiger charge is 2.09. The van der Waals surface area contributed by atoms with Gasteiger partial charge in [-0.05, 0) is 28.1 Å². The van der Waals surface area contributed by atoms with E-state index in [1.54, 1.807) is 25.4 Å². The zero-order chi connectivity index (χ0) is 14.5. The highest BCUT2D eigenvalue weighted by atomic mass is 79.9. The van der Waals surface area contributed by atoms with Crippen LogP contribution in [0.2, 0.25) is 0 Å². The third-order valence-electron chi connectivity index (χ3n) is 2.46. The number of hydrogen-bond donors (Lipinski definition) is 2. The molecule has 2 aromatic rings. The summed E-state index contributed by atoms with van der Waals surface area (Å²) in [5, 5.41) is 9.18. The van der Waals surface area contributed by atoms with Crippen molar-refractivity contribution in [3.8, 4) is 0 Å². The third-order valence-corrected chi connectivity index (χ3v) is 2.90. The second-order valence-corrected chi connectivity index (χ2v) is 4.73. The fourth-order valence-corrected chi connectivity index (χ4v) is 1.85. The number of carbonyl (C=O) groups excluding carboxylic acids is 2. The lowest BCUT2D eigenvalue weighted by molar-refractivity contribution is -0.121. The van der Waals surface area contributed by atoms with Crippen LogP contribution in [0.4, 0.5) is 5.69 Å². The number of aromatic nitrogens is 3. The highest BCUT2D eigenvalue weighted by Crippen LogP contribution is 2.11. The van der Waals surface area contributed by atoms with Crippen LogP contribution in [-0.4, -0.2) is 33.6 Å². The molecule has 0 radical (unpaired) electrons. The van der Waals surface area contributed by atoms with E-state index in [9.17, 15) is 9.59 Å². The van der Waals surface area contributed by atoms with Crippen molar-refractivity contribution in [3.05, 3.63) is 40.9 Å². The van der Waals surface area contributed by atoms with Gasteiger partial charge in [-0.1, -0.05) is 0 Å². The molecule has 0 saturated heterocycles. The molecule has 0 aliphatic heterocycles. The largest absolute Gasteiger partial charge is 0.358 e. The first kappa shape index (κ1) is 14.2. The maximum Gasteiger partial charge on any atom is 0.255 e. The molecule has 0 bridgehead atoms. The van der Waals surface area contributed by atoms with Crippen molar-refractivity contribution in [3.63, 3.8) is 0 Å². The topological polar surface area (TPSA) is 88.9 Å². The maximum absolute atomic E-state index is 12.0. The molecule has 7 nitrogen and oxygen atoms in total. The van der Waals surface area contributed by atoms with Crippen molar-refractivity contribution in [2.24, 2.45) is 0 Å². The van der Waals surface area contributed by atoms with Gasteiger partial charge in [0, 0.05) is 25.0 Å². The molecule has 0 aliphatic rings. The Morgan fingerprint density at radius 2 is 2.25 bits per heavy atom. The Balaban J connectivity index is 2.03. The van der Waals surface area contributed by atoms with Crippen molar-refractivity contribution < 1.29 is 9.59 Å². The van der Waals surface area contributed by atoms with E-state index in [4.69, 9.17) is 0 Å². The molecule has 2 aromatic heterocycles. The van der Waals surface area contributed by atoms with Crippen LogP contribution >= 0.6 is 15.9 Å². The van der Waals surface area contributed by atoms with Gasteiger partial charge in [-0.2, -0.15) is 5.10 Å². The average molecular weight is 338 g/mol. The SMILES string of the molecule is CNC(=O)Cn1cc(NC(=O)c2ccnc(Br)c2)cn1. The summed E-state index contributed by atoms with van der Waals surface area (Å²) < 4.78 is 2.03. The number of carbonyl (C=O) groups is 2. The van der Waals surface area contributed by atoms with Gasteiger partial charge in [0.1, 0.15) is 11.1 Å². The van der Waals surface area contributed by atoms with E-state index < -0.39 is 0 Å². The Morgan fingerprint density at radius 1 is 1.45 bits per heavy atom. The van der Waals surface area contributed by atoms with Crippen LogP contribution in [0, 0.1) is 0 Å². The van der Waals surface area contributed by atoms with Crippen LogP contribution in [0.1, 0.15) is 10.4 Å². The quantitative estimate of drug-likeness (QED) is 0.816. The molecule has 20 heavy (non-hydrogen) atoms. The smallest absolute Gasteiger partial charge is 0.255 e. The third kappa shape index (κ3) is 3.64. The monoisotopic (exact) mass is 337 g/mol. The molecular formula is C12H12BrN5O2. The summed E-state index contributed by atoms with van der Waals surface area (Å²) in [6.07, 6.45) is 4.61. The van der Waals surface area contributed by atoms with Gasteiger partial charge in [0.15, 0.2) is 0 Å². The Kier molecular flexibility index (Phi) is 4.46. The lowest BCUT2D eigenvalue weighted by atomic mass is 10.2. The van der Waals surface area contributed by atoms with E-state index in [1.165, 1.54) is 17.1 Å². The summed E-state index contributed by atoms with van der Waals surface area (Å²) in [4.78, 5) is 27.1. The Labute approximate surface area is 123 Å². The molecule has 0 aromatic carbocycles. The van der Waals surface area contributed by atoms with Gasteiger partial charge < -0.3 is 10.6 Å². The van der Waals surface area contributed by atoms with E-state index in [1.807, 2.05) is 0 Å². The molecule has 0 unspecified atom stereocenters. The molecule has 0 atom stereocenters. The molecule has 104 valence electrons. The number of likely N-dealkylation sites (N-methyl/N-ethyl adjacent to an activating group) is 1. The van der Waals surface area contributed by atoms with E-state index in [2.05, 4.69) is 36.6 Å². The number of halogens is 1. The minimum Gasteiger partial charge on any atom is -0.358 e. The number of pyridine rings is 1. The molecule has 2 N–H and O–H groups in total. The van der Waals surface area contributed by atoms with Gasteiger partial charge >= 0.3 is 0 Å². The van der Waals surface area contributed by atoms with Crippen molar-refractivity contribution >= 4 is 33.4 Å². The van der Waals surface area contributed by atoms with Crippen molar-refractivity contribution in [1.82, 2.24) is 20.1 Å². The van der Waals surface area contributed by atoms with Crippen LogP contribution in [-0.2, 0) is 11.3 Å². The standard InChI is InChI=1S/C12H12BrN5O2/c1-14-11(19)7-18-6-9(5-16-18)17-12(20)8-2-3-15-10(13)4-8/h2-6H,7H2,1H3,(H,14,19)(H,17,20). The first-order valence-electron chi connectivity index (χ1n) is 5.74. The summed E-state index contributed by atoms with van der Waals surface area (Å²) in [7, 11) is 1.55. The zero-order valence-corrected chi connectivity index (χ0v) is 12.2. The van der Waals surface area contributed by atoms with Gasteiger partial charge in [-0.25, -0.2) is 4.98 Å². The number of nitrogens with one attached hydrogen (secondary N) is 2. The van der Waals surface area contributed by atoms with Gasteiger partial charge in [-0.3, -0.25) is 14.3 Å². The van der Waals surface area contributed by atoms with Crippen molar-refractivity contribution in [2.45, 2.75) is 6.54 Å². The summed E-state index contributed by atoms with van der Waals surface area (Å²) >= 11 is 3.20. The maximum atomic E-state index is 12.0. The Bertz CT molecular complexity index is 640. The first-order valence-corrected chi connectivity index (χ1v) is 6.53. The minimum absolute atomic E-state index is 0.104. The first-order chi connectivity index (χ1) is 9.58. The Morgan fingerprint density at radius 3 is 2.95 bits per heavy atom. The molecule has 0 fully saturated rings. The second kappa shape index (κ2) is 6.29. The fraction of sp³-hybridized carbons (Fsp3) is 0.167. The summed E-state index contributed by atoms with van der Waals surface area (Å²) in [6, 6.07) is 3.22. The van der Waals surface area contributed by atoms with Crippen LogP contribution in [0.5, 0.6) is 0 Å². The van der Waals surface area contributed by atoms with Gasteiger partial charge in [-0.15, -0.1) is 0 Å².